The van der Waals surface area contributed by atoms with E-state index in [2.05, 4.69) is 0 Å². The fourth-order valence-electron chi connectivity index (χ4n) is 2.99. The van der Waals surface area contributed by atoms with Gasteiger partial charge in [-0.2, -0.15) is 0 Å². The van der Waals surface area contributed by atoms with Gasteiger partial charge in [0.1, 0.15) is 0 Å². The van der Waals surface area contributed by atoms with E-state index in [0.717, 1.165) is 11.1 Å². The van der Waals surface area contributed by atoms with Crippen LogP contribution in [-0.2, 0) is 0 Å². The minimum Gasteiger partial charge on any atom is -0.412 e. The smallest absolute Gasteiger partial charge is 0.277 e. The second kappa shape index (κ2) is 11.0. The van der Waals surface area contributed by atoms with Crippen molar-refractivity contribution in [1.29, 1.82) is 0 Å². The molecule has 0 bridgehead atoms. The summed E-state index contributed by atoms with van der Waals surface area (Å²) in [5, 5.41) is 21.6. The van der Waals surface area contributed by atoms with Gasteiger partial charge < -0.3 is 5.48 Å². The minimum atomic E-state index is -0.359. The molecule has 4 rings (SSSR count). The van der Waals surface area contributed by atoms with Crippen LogP contribution in [0.25, 0.3) is 22.3 Å². The second-order valence-corrected chi connectivity index (χ2v) is 6.28. The van der Waals surface area contributed by atoms with Gasteiger partial charge in [0.15, 0.2) is 0 Å². The lowest BCUT2D eigenvalue weighted by atomic mass is 10.0. The fourth-order valence-corrected chi connectivity index (χ4v) is 2.99. The Balaban J connectivity index is 0.000000213. The zero-order valence-corrected chi connectivity index (χ0v) is 16.4. The molecule has 0 unspecified atom stereocenters. The number of para-hydroxylation sites is 2. The Morgan fingerprint density at radius 1 is 0.452 bits per heavy atom. The van der Waals surface area contributed by atoms with E-state index in [1.165, 1.54) is 12.1 Å². The monoisotopic (exact) mass is 416 g/mol. The summed E-state index contributed by atoms with van der Waals surface area (Å²) in [4.78, 5) is 20.9. The van der Waals surface area contributed by atoms with Crippen LogP contribution in [0.2, 0.25) is 0 Å². The first kappa shape index (κ1) is 22.9. The van der Waals surface area contributed by atoms with Crippen molar-refractivity contribution < 1.29 is 15.3 Å². The third-order valence-corrected chi connectivity index (χ3v) is 4.37. The summed E-state index contributed by atoms with van der Waals surface area (Å²) < 4.78 is 0. The van der Waals surface area contributed by atoms with Gasteiger partial charge in [-0.1, -0.05) is 84.9 Å². The van der Waals surface area contributed by atoms with Crippen LogP contribution in [0, 0.1) is 20.2 Å². The molecule has 0 fully saturated rings. The third-order valence-electron chi connectivity index (χ3n) is 4.37. The molecule has 7 heteroatoms. The SMILES string of the molecule is O.O=[N+]([O-])c1ccccc1-c1ccccc1.O=[N+]([O-])c1ccccc1-c1ccccc1. The van der Waals surface area contributed by atoms with Gasteiger partial charge in [0.2, 0.25) is 0 Å². The molecular weight excluding hydrogens is 396 g/mol. The molecule has 0 heterocycles. The van der Waals surface area contributed by atoms with Crippen molar-refractivity contribution in [3.63, 3.8) is 0 Å². The lowest BCUT2D eigenvalue weighted by molar-refractivity contribution is -0.384. The summed E-state index contributed by atoms with van der Waals surface area (Å²) in [7, 11) is 0. The van der Waals surface area contributed by atoms with Crippen molar-refractivity contribution in [1.82, 2.24) is 0 Å². The molecule has 0 aliphatic rings. The molecule has 2 N–H and O–H groups in total. The lowest BCUT2D eigenvalue weighted by Gasteiger charge is -2.01. The van der Waals surface area contributed by atoms with Crippen LogP contribution in [-0.4, -0.2) is 15.3 Å². The molecule has 0 aromatic heterocycles. The third kappa shape index (κ3) is 5.81. The van der Waals surface area contributed by atoms with Crippen LogP contribution in [0.1, 0.15) is 0 Å². The van der Waals surface area contributed by atoms with Crippen molar-refractivity contribution in [3.05, 3.63) is 129 Å². The van der Waals surface area contributed by atoms with Crippen molar-refractivity contribution in [2.45, 2.75) is 0 Å². The van der Waals surface area contributed by atoms with E-state index in [0.29, 0.717) is 11.1 Å². The molecule has 156 valence electrons. The summed E-state index contributed by atoms with van der Waals surface area (Å²) in [5.41, 5.74) is 3.33. The van der Waals surface area contributed by atoms with Crippen LogP contribution < -0.4 is 0 Å². The predicted octanol–water partition coefficient (Wildman–Crippen LogP) is 5.70. The lowest BCUT2D eigenvalue weighted by Crippen LogP contribution is -1.90. The zero-order chi connectivity index (χ0) is 21.3. The quantitative estimate of drug-likeness (QED) is 0.313. The number of rotatable bonds is 4. The molecule has 0 saturated carbocycles. The number of nitro groups is 2. The molecule has 7 nitrogen and oxygen atoms in total. The van der Waals surface area contributed by atoms with Crippen molar-refractivity contribution >= 4 is 11.4 Å². The topological polar surface area (TPSA) is 118 Å². The van der Waals surface area contributed by atoms with E-state index >= 15 is 0 Å². The molecule has 4 aromatic rings. The number of benzene rings is 4. The van der Waals surface area contributed by atoms with Crippen LogP contribution in [0.5, 0.6) is 0 Å². The Morgan fingerprint density at radius 2 is 0.742 bits per heavy atom. The Hall–Kier alpha value is -4.36. The van der Waals surface area contributed by atoms with Crippen LogP contribution in [0.15, 0.2) is 109 Å². The average molecular weight is 416 g/mol. The van der Waals surface area contributed by atoms with Gasteiger partial charge in [-0.15, -0.1) is 0 Å². The predicted molar refractivity (Wildman–Crippen MR) is 121 cm³/mol. The van der Waals surface area contributed by atoms with E-state index < -0.39 is 0 Å². The van der Waals surface area contributed by atoms with Crippen LogP contribution in [0.3, 0.4) is 0 Å². The highest BCUT2D eigenvalue weighted by Gasteiger charge is 2.13. The molecule has 4 aromatic carbocycles. The normalized spacial score (nSPS) is 9.55. The van der Waals surface area contributed by atoms with Crippen molar-refractivity contribution in [3.8, 4) is 22.3 Å². The molecular formula is C24H20N2O5. The van der Waals surface area contributed by atoms with Crippen molar-refractivity contribution in [2.75, 3.05) is 0 Å². The summed E-state index contributed by atoms with van der Waals surface area (Å²) in [6.07, 6.45) is 0. The van der Waals surface area contributed by atoms with E-state index in [-0.39, 0.29) is 26.7 Å². The van der Waals surface area contributed by atoms with Gasteiger partial charge >= 0.3 is 0 Å². The van der Waals surface area contributed by atoms with Gasteiger partial charge in [-0.05, 0) is 23.3 Å². The first-order valence-electron chi connectivity index (χ1n) is 9.15. The number of hydrogen-bond donors (Lipinski definition) is 0. The van der Waals surface area contributed by atoms with E-state index in [4.69, 9.17) is 0 Å². The molecule has 0 radical (unpaired) electrons. The number of hydrogen-bond acceptors (Lipinski definition) is 4. The molecule has 0 aliphatic carbocycles. The zero-order valence-electron chi connectivity index (χ0n) is 16.4. The first-order chi connectivity index (χ1) is 14.6. The van der Waals surface area contributed by atoms with Gasteiger partial charge in [0.05, 0.1) is 21.0 Å². The maximum absolute atomic E-state index is 10.8. The van der Waals surface area contributed by atoms with E-state index in [9.17, 15) is 20.2 Å². The second-order valence-electron chi connectivity index (χ2n) is 6.28. The fraction of sp³-hybridized carbons (Fsp3) is 0. The van der Waals surface area contributed by atoms with Crippen LogP contribution in [0.4, 0.5) is 11.4 Å². The summed E-state index contributed by atoms with van der Waals surface area (Å²) in [6.45, 7) is 0. The standard InChI is InChI=1S/2C12H9NO2.H2O/c2*14-13(15)12-9-5-4-8-11(12)10-6-2-1-3-7-10;/h2*1-9H;1H2. The Bertz CT molecular complexity index is 1060. The minimum absolute atomic E-state index is 0. The Labute approximate surface area is 178 Å². The van der Waals surface area contributed by atoms with Crippen molar-refractivity contribution in [2.24, 2.45) is 0 Å². The maximum atomic E-state index is 10.8. The highest BCUT2D eigenvalue weighted by molar-refractivity contribution is 5.73. The summed E-state index contributed by atoms with van der Waals surface area (Å²) in [5.74, 6) is 0. The Kier molecular flexibility index (Phi) is 8.13. The molecule has 0 spiro atoms. The summed E-state index contributed by atoms with van der Waals surface area (Å²) >= 11 is 0. The molecule has 31 heavy (non-hydrogen) atoms. The van der Waals surface area contributed by atoms with Crippen LogP contribution >= 0.6 is 0 Å². The number of nitro benzene ring substituents is 2. The Morgan fingerprint density at radius 3 is 1.06 bits per heavy atom. The molecule has 0 amide bonds. The molecule has 0 atom stereocenters. The molecule has 0 aliphatic heterocycles. The van der Waals surface area contributed by atoms with Gasteiger partial charge in [-0.25, -0.2) is 0 Å². The molecule has 0 saturated heterocycles. The van der Waals surface area contributed by atoms with Gasteiger partial charge in [0, 0.05) is 12.1 Å². The van der Waals surface area contributed by atoms with E-state index in [1.54, 1.807) is 36.4 Å². The first-order valence-corrected chi connectivity index (χ1v) is 9.15. The number of nitrogens with zero attached hydrogens (tertiary/aromatic N) is 2. The van der Waals surface area contributed by atoms with Gasteiger partial charge in [-0.3, -0.25) is 20.2 Å². The average Bonchev–Trinajstić information content (AvgIpc) is 2.80. The summed E-state index contributed by atoms with van der Waals surface area (Å²) in [6, 6.07) is 32.2. The van der Waals surface area contributed by atoms with Gasteiger partial charge in [0.25, 0.3) is 11.4 Å². The largest absolute Gasteiger partial charge is 0.412 e. The van der Waals surface area contributed by atoms with E-state index in [1.807, 2.05) is 60.7 Å². The maximum Gasteiger partial charge on any atom is 0.277 e. The highest BCUT2D eigenvalue weighted by Crippen LogP contribution is 2.29. The highest BCUT2D eigenvalue weighted by atomic mass is 16.6.